The second kappa shape index (κ2) is 5.60. The summed E-state index contributed by atoms with van der Waals surface area (Å²) < 4.78 is 5.30. The number of aldehydes is 1. The molecule has 0 saturated heterocycles. The molecule has 0 aliphatic heterocycles. The van der Waals surface area contributed by atoms with E-state index in [1.807, 2.05) is 6.07 Å². The van der Waals surface area contributed by atoms with E-state index >= 15 is 0 Å². The van der Waals surface area contributed by atoms with Gasteiger partial charge in [-0.05, 0) is 31.6 Å². The second-order valence-corrected chi connectivity index (χ2v) is 3.29. The van der Waals surface area contributed by atoms with Gasteiger partial charge in [0.15, 0.2) is 12.0 Å². The summed E-state index contributed by atoms with van der Waals surface area (Å²) in [6.07, 6.45) is 1.87. The van der Waals surface area contributed by atoms with Crippen molar-refractivity contribution in [1.82, 2.24) is 4.90 Å². The van der Waals surface area contributed by atoms with Crippen LogP contribution in [0.25, 0.3) is 0 Å². The molecule has 3 nitrogen and oxygen atoms in total. The zero-order chi connectivity index (χ0) is 10.4. The van der Waals surface area contributed by atoms with E-state index in [9.17, 15) is 4.79 Å². The molecule has 1 aromatic heterocycles. The molecule has 1 rings (SSSR count). The van der Waals surface area contributed by atoms with Gasteiger partial charge >= 0.3 is 0 Å². The highest BCUT2D eigenvalue weighted by Gasteiger charge is 2.06. The zero-order valence-corrected chi connectivity index (χ0v) is 8.82. The molecule has 14 heavy (non-hydrogen) atoms. The molecule has 0 amide bonds. The monoisotopic (exact) mass is 195 g/mol. The van der Waals surface area contributed by atoms with Gasteiger partial charge in [-0.15, -0.1) is 0 Å². The van der Waals surface area contributed by atoms with E-state index < -0.39 is 0 Å². The maximum atomic E-state index is 10.4. The van der Waals surface area contributed by atoms with Gasteiger partial charge in [0.05, 0.1) is 6.54 Å². The fourth-order valence-corrected chi connectivity index (χ4v) is 1.43. The Bertz CT molecular complexity index is 281. The predicted molar refractivity (Wildman–Crippen MR) is 55.3 cm³/mol. The third-order valence-electron chi connectivity index (χ3n) is 2.17. The number of rotatable bonds is 6. The Morgan fingerprint density at radius 1 is 1.43 bits per heavy atom. The summed E-state index contributed by atoms with van der Waals surface area (Å²) in [5, 5.41) is 0. The van der Waals surface area contributed by atoms with Crippen molar-refractivity contribution >= 4 is 6.29 Å². The quantitative estimate of drug-likeness (QED) is 0.653. The van der Waals surface area contributed by atoms with Gasteiger partial charge in [-0.2, -0.15) is 0 Å². The van der Waals surface area contributed by atoms with E-state index in [1.165, 1.54) is 0 Å². The highest BCUT2D eigenvalue weighted by molar-refractivity contribution is 5.70. The maximum Gasteiger partial charge on any atom is 0.185 e. The molecule has 0 saturated carbocycles. The van der Waals surface area contributed by atoms with Crippen LogP contribution in [0.5, 0.6) is 0 Å². The van der Waals surface area contributed by atoms with Gasteiger partial charge in [-0.1, -0.05) is 13.8 Å². The highest BCUT2D eigenvalue weighted by atomic mass is 16.3. The normalized spacial score (nSPS) is 10.8. The first kappa shape index (κ1) is 11.0. The van der Waals surface area contributed by atoms with Gasteiger partial charge in [0.25, 0.3) is 0 Å². The molecular formula is C11H17NO2. The molecule has 3 heteroatoms. The summed E-state index contributed by atoms with van der Waals surface area (Å²) in [4.78, 5) is 12.7. The Balaban J connectivity index is 2.52. The lowest BCUT2D eigenvalue weighted by atomic mass is 10.3. The van der Waals surface area contributed by atoms with Crippen LogP contribution in [0.4, 0.5) is 0 Å². The number of carbonyl (C=O) groups is 1. The standard InChI is InChI=1S/C11H17NO2/c1-3-7-12(4-2)8-10-5-6-11(9-13)14-10/h5-6,9H,3-4,7-8H2,1-2H3. The van der Waals surface area contributed by atoms with Crippen LogP contribution < -0.4 is 0 Å². The Morgan fingerprint density at radius 2 is 2.21 bits per heavy atom. The van der Waals surface area contributed by atoms with Gasteiger partial charge in [-0.25, -0.2) is 0 Å². The number of hydrogen-bond donors (Lipinski definition) is 0. The molecule has 0 unspecified atom stereocenters. The average molecular weight is 195 g/mol. The van der Waals surface area contributed by atoms with Crippen LogP contribution in [-0.4, -0.2) is 24.3 Å². The predicted octanol–water partition coefficient (Wildman–Crippen LogP) is 2.32. The van der Waals surface area contributed by atoms with Gasteiger partial charge in [-0.3, -0.25) is 9.69 Å². The molecule has 0 fully saturated rings. The third-order valence-corrected chi connectivity index (χ3v) is 2.17. The lowest BCUT2D eigenvalue weighted by Crippen LogP contribution is -2.23. The molecule has 0 bridgehead atoms. The lowest BCUT2D eigenvalue weighted by Gasteiger charge is -2.17. The van der Waals surface area contributed by atoms with Crippen LogP contribution in [0.3, 0.4) is 0 Å². The number of carbonyl (C=O) groups excluding carboxylic acids is 1. The van der Waals surface area contributed by atoms with E-state index in [-0.39, 0.29) is 0 Å². The first-order valence-electron chi connectivity index (χ1n) is 5.06. The fourth-order valence-electron chi connectivity index (χ4n) is 1.43. The molecule has 0 N–H and O–H groups in total. The summed E-state index contributed by atoms with van der Waals surface area (Å²) >= 11 is 0. The van der Waals surface area contributed by atoms with E-state index in [4.69, 9.17) is 4.42 Å². The first-order valence-corrected chi connectivity index (χ1v) is 5.06. The van der Waals surface area contributed by atoms with Crippen LogP contribution in [-0.2, 0) is 6.54 Å². The fraction of sp³-hybridized carbons (Fsp3) is 0.545. The van der Waals surface area contributed by atoms with E-state index in [0.717, 1.165) is 38.1 Å². The largest absolute Gasteiger partial charge is 0.457 e. The molecule has 0 aliphatic rings. The Hall–Kier alpha value is -1.09. The van der Waals surface area contributed by atoms with Crippen molar-refractivity contribution in [3.05, 3.63) is 23.7 Å². The van der Waals surface area contributed by atoms with Crippen LogP contribution in [0, 0.1) is 0 Å². The second-order valence-electron chi connectivity index (χ2n) is 3.29. The Kier molecular flexibility index (Phi) is 4.40. The van der Waals surface area contributed by atoms with Gasteiger partial charge in [0, 0.05) is 0 Å². The maximum absolute atomic E-state index is 10.4. The molecule has 0 spiro atoms. The minimum absolute atomic E-state index is 0.410. The SMILES string of the molecule is CCCN(CC)Cc1ccc(C=O)o1. The lowest BCUT2D eigenvalue weighted by molar-refractivity contribution is 0.109. The van der Waals surface area contributed by atoms with Crippen molar-refractivity contribution in [3.8, 4) is 0 Å². The minimum Gasteiger partial charge on any atom is -0.457 e. The van der Waals surface area contributed by atoms with Gasteiger partial charge in [0.2, 0.25) is 0 Å². The molecule has 0 atom stereocenters. The smallest absolute Gasteiger partial charge is 0.185 e. The highest BCUT2D eigenvalue weighted by Crippen LogP contribution is 2.09. The first-order chi connectivity index (χ1) is 6.80. The van der Waals surface area contributed by atoms with Crippen LogP contribution >= 0.6 is 0 Å². The van der Waals surface area contributed by atoms with Gasteiger partial charge < -0.3 is 4.42 Å². The van der Waals surface area contributed by atoms with Crippen molar-refractivity contribution in [2.75, 3.05) is 13.1 Å². The number of nitrogens with zero attached hydrogens (tertiary/aromatic N) is 1. The zero-order valence-electron chi connectivity index (χ0n) is 8.82. The van der Waals surface area contributed by atoms with Crippen LogP contribution in [0.1, 0.15) is 36.6 Å². The van der Waals surface area contributed by atoms with E-state index in [0.29, 0.717) is 5.76 Å². The molecule has 0 radical (unpaired) electrons. The average Bonchev–Trinajstić information content (AvgIpc) is 2.65. The van der Waals surface area contributed by atoms with Gasteiger partial charge in [0.1, 0.15) is 5.76 Å². The summed E-state index contributed by atoms with van der Waals surface area (Å²) in [5.41, 5.74) is 0. The Labute approximate surface area is 84.7 Å². The molecule has 78 valence electrons. The van der Waals surface area contributed by atoms with Crippen molar-refractivity contribution in [3.63, 3.8) is 0 Å². The van der Waals surface area contributed by atoms with E-state index in [1.54, 1.807) is 6.07 Å². The summed E-state index contributed by atoms with van der Waals surface area (Å²) in [6, 6.07) is 3.57. The summed E-state index contributed by atoms with van der Waals surface area (Å²) in [5.74, 6) is 1.27. The van der Waals surface area contributed by atoms with Crippen molar-refractivity contribution in [2.24, 2.45) is 0 Å². The van der Waals surface area contributed by atoms with Crippen molar-refractivity contribution < 1.29 is 9.21 Å². The minimum atomic E-state index is 0.410. The molecular weight excluding hydrogens is 178 g/mol. The summed E-state index contributed by atoms with van der Waals surface area (Å²) in [7, 11) is 0. The van der Waals surface area contributed by atoms with Crippen LogP contribution in [0.15, 0.2) is 16.5 Å². The molecule has 1 heterocycles. The van der Waals surface area contributed by atoms with Crippen molar-refractivity contribution in [2.45, 2.75) is 26.8 Å². The molecule has 0 aromatic carbocycles. The number of furan rings is 1. The molecule has 1 aromatic rings. The third kappa shape index (κ3) is 3.00. The topological polar surface area (TPSA) is 33.5 Å². The van der Waals surface area contributed by atoms with Crippen LogP contribution in [0.2, 0.25) is 0 Å². The van der Waals surface area contributed by atoms with E-state index in [2.05, 4.69) is 18.7 Å². The van der Waals surface area contributed by atoms with Crippen molar-refractivity contribution in [1.29, 1.82) is 0 Å². The molecule has 0 aliphatic carbocycles. The Morgan fingerprint density at radius 3 is 2.71 bits per heavy atom. The number of hydrogen-bond acceptors (Lipinski definition) is 3. The summed E-state index contributed by atoms with van der Waals surface area (Å²) in [6.45, 7) is 7.14.